The summed E-state index contributed by atoms with van der Waals surface area (Å²) in [4.78, 5) is 0. The van der Waals surface area contributed by atoms with E-state index < -0.39 is 0 Å². The van der Waals surface area contributed by atoms with Crippen LogP contribution in [-0.2, 0) is 5.41 Å². The molecule has 0 aliphatic carbocycles. The van der Waals surface area contributed by atoms with Gasteiger partial charge in [-0.05, 0) is 33.4 Å². The van der Waals surface area contributed by atoms with Gasteiger partial charge in [0.05, 0.1) is 0 Å². The van der Waals surface area contributed by atoms with Crippen molar-refractivity contribution in [2.24, 2.45) is 5.41 Å². The zero-order valence-corrected chi connectivity index (χ0v) is 13.6. The highest BCUT2D eigenvalue weighted by atomic mass is 14.9. The summed E-state index contributed by atoms with van der Waals surface area (Å²) >= 11 is 0. The van der Waals surface area contributed by atoms with Gasteiger partial charge in [-0.3, -0.25) is 0 Å². The van der Waals surface area contributed by atoms with Crippen LogP contribution in [0.4, 0.5) is 0 Å². The fraction of sp³-hybridized carbons (Fsp3) is 0.667. The van der Waals surface area contributed by atoms with E-state index in [9.17, 15) is 0 Å². The van der Waals surface area contributed by atoms with Gasteiger partial charge >= 0.3 is 0 Å². The maximum atomic E-state index is 3.74. The summed E-state index contributed by atoms with van der Waals surface area (Å²) in [5.41, 5.74) is 4.96. The van der Waals surface area contributed by atoms with Crippen molar-refractivity contribution in [3.8, 4) is 0 Å². The molecule has 1 N–H and O–H groups in total. The van der Waals surface area contributed by atoms with Gasteiger partial charge in [-0.1, -0.05) is 66.7 Å². The summed E-state index contributed by atoms with van der Waals surface area (Å²) in [6.07, 6.45) is 0. The Hall–Kier alpha value is -0.820. The molecule has 0 saturated heterocycles. The maximum Gasteiger partial charge on any atom is 0.0372 e. The molecule has 1 aliphatic rings. The molecule has 0 fully saturated rings. The van der Waals surface area contributed by atoms with Gasteiger partial charge in [-0.2, -0.15) is 0 Å². The number of hydrogen-bond donors (Lipinski definition) is 1. The van der Waals surface area contributed by atoms with Crippen LogP contribution < -0.4 is 5.32 Å². The molecule has 1 nitrogen and oxygen atoms in total. The lowest BCUT2D eigenvalue weighted by Crippen LogP contribution is -2.39. The molecule has 0 radical (unpaired) electrons. The van der Waals surface area contributed by atoms with Crippen molar-refractivity contribution in [2.45, 2.75) is 65.8 Å². The fourth-order valence-electron chi connectivity index (χ4n) is 3.03. The molecule has 106 valence electrons. The molecule has 0 saturated carbocycles. The lowest BCUT2D eigenvalue weighted by atomic mass is 9.74. The van der Waals surface area contributed by atoms with Crippen molar-refractivity contribution in [2.75, 3.05) is 6.54 Å². The number of fused-ring (bicyclic) bond motifs is 1. The third kappa shape index (κ3) is 2.86. The molecule has 1 aliphatic heterocycles. The average Bonchev–Trinajstić information content (AvgIpc) is 2.26. The number of benzene rings is 1. The Morgan fingerprint density at radius 3 is 2.16 bits per heavy atom. The second kappa shape index (κ2) is 4.63. The molecule has 2 atom stereocenters. The van der Waals surface area contributed by atoms with E-state index in [1.54, 1.807) is 0 Å². The normalized spacial score (nSPS) is 24.2. The van der Waals surface area contributed by atoms with Crippen LogP contribution in [0.1, 0.15) is 77.1 Å². The van der Waals surface area contributed by atoms with Crippen LogP contribution in [0.3, 0.4) is 0 Å². The van der Waals surface area contributed by atoms with Crippen LogP contribution in [0.15, 0.2) is 18.2 Å². The van der Waals surface area contributed by atoms with Gasteiger partial charge in [-0.15, -0.1) is 0 Å². The van der Waals surface area contributed by atoms with E-state index in [1.807, 2.05) is 0 Å². The first-order valence-electron chi connectivity index (χ1n) is 7.48. The van der Waals surface area contributed by atoms with E-state index in [0.717, 1.165) is 6.54 Å². The molecule has 0 amide bonds. The lowest BCUT2D eigenvalue weighted by Gasteiger charge is -2.40. The predicted octanol–water partition coefficient (Wildman–Crippen LogP) is 4.78. The Bertz CT molecular complexity index is 460. The second-order valence-corrected chi connectivity index (χ2v) is 8.20. The number of rotatable bonds is 0. The van der Waals surface area contributed by atoms with E-state index in [-0.39, 0.29) is 10.8 Å². The van der Waals surface area contributed by atoms with E-state index in [4.69, 9.17) is 0 Å². The maximum absolute atomic E-state index is 3.74. The van der Waals surface area contributed by atoms with Crippen LogP contribution in [0, 0.1) is 5.41 Å². The summed E-state index contributed by atoms with van der Waals surface area (Å²) in [5, 5.41) is 3.74. The van der Waals surface area contributed by atoms with E-state index in [1.165, 1.54) is 16.7 Å². The first kappa shape index (κ1) is 14.6. The Morgan fingerprint density at radius 2 is 1.63 bits per heavy atom. The highest BCUT2D eigenvalue weighted by Gasteiger charge is 2.33. The fourth-order valence-corrected chi connectivity index (χ4v) is 3.03. The molecule has 0 spiro atoms. The Labute approximate surface area is 118 Å². The van der Waals surface area contributed by atoms with Crippen molar-refractivity contribution in [3.05, 3.63) is 34.9 Å². The van der Waals surface area contributed by atoms with Gasteiger partial charge in [0.1, 0.15) is 0 Å². The lowest BCUT2D eigenvalue weighted by molar-refractivity contribution is 0.255. The first-order chi connectivity index (χ1) is 8.60. The van der Waals surface area contributed by atoms with Gasteiger partial charge in [0.25, 0.3) is 0 Å². The minimum Gasteiger partial charge on any atom is -0.309 e. The Balaban J connectivity index is 2.54. The van der Waals surface area contributed by atoms with Gasteiger partial charge in [0, 0.05) is 12.6 Å². The summed E-state index contributed by atoms with van der Waals surface area (Å²) in [6, 6.07) is 7.58. The molecule has 19 heavy (non-hydrogen) atoms. The summed E-state index contributed by atoms with van der Waals surface area (Å²) in [5.74, 6) is 0.614. The smallest absolute Gasteiger partial charge is 0.0372 e. The quantitative estimate of drug-likeness (QED) is 0.707. The SMILES string of the molecule is CC1CNC(C(C)(C)C)c2cc(C(C)(C)C)ccc21. The minimum atomic E-state index is 0.220. The van der Waals surface area contributed by atoms with Crippen LogP contribution in [0.25, 0.3) is 0 Å². The van der Waals surface area contributed by atoms with Crippen molar-refractivity contribution < 1.29 is 0 Å². The van der Waals surface area contributed by atoms with E-state index >= 15 is 0 Å². The number of hydrogen-bond acceptors (Lipinski definition) is 1. The molecule has 0 bridgehead atoms. The zero-order chi connectivity index (χ0) is 14.4. The van der Waals surface area contributed by atoms with Crippen molar-refractivity contribution in [1.82, 2.24) is 5.32 Å². The standard InChI is InChI=1S/C18H29N/c1-12-11-19-16(18(5,6)7)15-10-13(17(2,3)4)8-9-14(12)15/h8-10,12,16,19H,11H2,1-7H3. The molecule has 2 unspecified atom stereocenters. The van der Waals surface area contributed by atoms with Crippen LogP contribution >= 0.6 is 0 Å². The molecule has 1 aromatic carbocycles. The molecule has 2 rings (SSSR count). The Morgan fingerprint density at radius 1 is 1.00 bits per heavy atom. The topological polar surface area (TPSA) is 12.0 Å². The van der Waals surface area contributed by atoms with Crippen LogP contribution in [0.2, 0.25) is 0 Å². The molecule has 1 heteroatoms. The molecule has 1 aromatic rings. The highest BCUT2D eigenvalue weighted by molar-refractivity contribution is 5.41. The highest BCUT2D eigenvalue weighted by Crippen LogP contribution is 2.41. The molecular formula is C18H29N. The zero-order valence-electron chi connectivity index (χ0n) is 13.6. The monoisotopic (exact) mass is 259 g/mol. The van der Waals surface area contributed by atoms with Gasteiger partial charge in [0.15, 0.2) is 0 Å². The van der Waals surface area contributed by atoms with Crippen LogP contribution in [-0.4, -0.2) is 6.54 Å². The first-order valence-corrected chi connectivity index (χ1v) is 7.48. The third-order valence-corrected chi connectivity index (χ3v) is 4.29. The van der Waals surface area contributed by atoms with E-state index in [2.05, 4.69) is 72.0 Å². The summed E-state index contributed by atoms with van der Waals surface area (Å²) in [7, 11) is 0. The summed E-state index contributed by atoms with van der Waals surface area (Å²) < 4.78 is 0. The molecule has 0 aromatic heterocycles. The number of nitrogens with one attached hydrogen (secondary N) is 1. The minimum absolute atomic E-state index is 0.220. The average molecular weight is 259 g/mol. The van der Waals surface area contributed by atoms with Gasteiger partial charge < -0.3 is 5.32 Å². The molecule has 1 heterocycles. The second-order valence-electron chi connectivity index (χ2n) is 8.20. The van der Waals surface area contributed by atoms with Crippen LogP contribution in [0.5, 0.6) is 0 Å². The molecular weight excluding hydrogens is 230 g/mol. The van der Waals surface area contributed by atoms with Gasteiger partial charge in [0.2, 0.25) is 0 Å². The Kier molecular flexibility index (Phi) is 3.55. The van der Waals surface area contributed by atoms with Crippen molar-refractivity contribution in [3.63, 3.8) is 0 Å². The van der Waals surface area contributed by atoms with E-state index in [0.29, 0.717) is 12.0 Å². The van der Waals surface area contributed by atoms with Crippen molar-refractivity contribution in [1.29, 1.82) is 0 Å². The summed E-state index contributed by atoms with van der Waals surface area (Å²) in [6.45, 7) is 17.3. The van der Waals surface area contributed by atoms with Gasteiger partial charge in [-0.25, -0.2) is 0 Å². The predicted molar refractivity (Wildman–Crippen MR) is 83.8 cm³/mol. The third-order valence-electron chi connectivity index (χ3n) is 4.29. The van der Waals surface area contributed by atoms with Crippen molar-refractivity contribution >= 4 is 0 Å². The largest absolute Gasteiger partial charge is 0.309 e.